The number of benzene rings is 2. The molecule has 25 heavy (non-hydrogen) atoms. The lowest BCUT2D eigenvalue weighted by molar-refractivity contribution is -0.128. The second kappa shape index (κ2) is 7.47. The predicted octanol–water partition coefficient (Wildman–Crippen LogP) is 3.16. The van der Waals surface area contributed by atoms with Gasteiger partial charge in [-0.1, -0.05) is 36.4 Å². The maximum atomic E-state index is 13.9. The highest BCUT2D eigenvalue weighted by molar-refractivity contribution is 5.97. The summed E-state index contributed by atoms with van der Waals surface area (Å²) in [7, 11) is 0. The number of hydrogen-bond donors (Lipinski definition) is 1. The zero-order valence-corrected chi connectivity index (χ0v) is 14.2. The van der Waals surface area contributed by atoms with Gasteiger partial charge in [-0.15, -0.1) is 0 Å². The number of carbonyl (C=O) groups is 2. The van der Waals surface area contributed by atoms with Crippen LogP contribution in [0.2, 0.25) is 0 Å². The summed E-state index contributed by atoms with van der Waals surface area (Å²) in [4.78, 5) is 26.2. The van der Waals surface area contributed by atoms with E-state index in [1.54, 1.807) is 24.0 Å². The first-order valence-corrected chi connectivity index (χ1v) is 8.41. The summed E-state index contributed by atoms with van der Waals surface area (Å²) in [5.41, 5.74) is 2.11. The average molecular weight is 340 g/mol. The Morgan fingerprint density at radius 2 is 2.00 bits per heavy atom. The monoisotopic (exact) mass is 340 g/mol. The molecule has 2 aromatic rings. The van der Waals surface area contributed by atoms with Crippen LogP contribution in [0.3, 0.4) is 0 Å². The zero-order valence-electron chi connectivity index (χ0n) is 14.2. The number of aryl methyl sites for hydroxylation is 1. The fourth-order valence-corrected chi connectivity index (χ4v) is 3.03. The number of amides is 2. The van der Waals surface area contributed by atoms with Crippen LogP contribution in [0.15, 0.2) is 48.5 Å². The molecular weight excluding hydrogens is 319 g/mol. The molecule has 5 heteroatoms. The van der Waals surface area contributed by atoms with E-state index < -0.39 is 11.7 Å². The average Bonchev–Trinajstić information content (AvgIpc) is 2.97. The first-order chi connectivity index (χ1) is 12.0. The number of nitrogens with one attached hydrogen (secondary N) is 1. The van der Waals surface area contributed by atoms with Crippen LogP contribution in [0.25, 0.3) is 0 Å². The van der Waals surface area contributed by atoms with Crippen LogP contribution in [-0.2, 0) is 16.0 Å². The second-order valence-electron chi connectivity index (χ2n) is 6.45. The summed E-state index contributed by atoms with van der Waals surface area (Å²) < 4.78 is 13.9. The number of anilines is 1. The van der Waals surface area contributed by atoms with E-state index in [1.165, 1.54) is 6.07 Å². The number of hydrogen-bond acceptors (Lipinski definition) is 2. The third-order valence-electron chi connectivity index (χ3n) is 4.48. The van der Waals surface area contributed by atoms with Crippen molar-refractivity contribution in [2.24, 2.45) is 5.92 Å². The van der Waals surface area contributed by atoms with Gasteiger partial charge < -0.3 is 10.2 Å². The molecule has 1 aliphatic rings. The maximum absolute atomic E-state index is 13.9. The van der Waals surface area contributed by atoms with Crippen LogP contribution in [0.1, 0.15) is 17.5 Å². The van der Waals surface area contributed by atoms with Crippen molar-refractivity contribution in [1.82, 2.24) is 4.90 Å². The molecule has 130 valence electrons. The van der Waals surface area contributed by atoms with E-state index in [0.717, 1.165) is 17.5 Å². The van der Waals surface area contributed by atoms with E-state index in [0.29, 0.717) is 13.1 Å². The number of halogens is 1. The van der Waals surface area contributed by atoms with Crippen LogP contribution >= 0.6 is 0 Å². The topological polar surface area (TPSA) is 49.4 Å². The van der Waals surface area contributed by atoms with E-state index in [1.807, 2.05) is 30.3 Å². The van der Waals surface area contributed by atoms with E-state index in [9.17, 15) is 14.0 Å². The van der Waals surface area contributed by atoms with Gasteiger partial charge in [-0.2, -0.15) is 0 Å². The molecule has 0 aliphatic carbocycles. The summed E-state index contributed by atoms with van der Waals surface area (Å²) in [6.07, 6.45) is 0.932. The van der Waals surface area contributed by atoms with Gasteiger partial charge in [-0.05, 0) is 36.6 Å². The molecule has 4 nitrogen and oxygen atoms in total. The first-order valence-electron chi connectivity index (χ1n) is 8.41. The van der Waals surface area contributed by atoms with Gasteiger partial charge in [0.15, 0.2) is 0 Å². The van der Waals surface area contributed by atoms with Crippen LogP contribution in [0, 0.1) is 18.7 Å². The van der Waals surface area contributed by atoms with Gasteiger partial charge in [0, 0.05) is 19.5 Å². The standard InChI is InChI=1S/C20H21FN2O2/c1-14-7-8-18(17(21)11-14)22-20(25)16-12-19(24)23(13-16)10-9-15-5-3-2-4-6-15/h2-8,11,16H,9-10,12-13H2,1H3,(H,22,25). The van der Waals surface area contributed by atoms with Gasteiger partial charge in [0.25, 0.3) is 0 Å². The van der Waals surface area contributed by atoms with Crippen molar-refractivity contribution in [3.05, 3.63) is 65.5 Å². The molecule has 2 aromatic carbocycles. The van der Waals surface area contributed by atoms with Crippen molar-refractivity contribution in [3.8, 4) is 0 Å². The van der Waals surface area contributed by atoms with E-state index >= 15 is 0 Å². The van der Waals surface area contributed by atoms with Gasteiger partial charge in [-0.3, -0.25) is 9.59 Å². The van der Waals surface area contributed by atoms with Crippen molar-refractivity contribution >= 4 is 17.5 Å². The molecular formula is C20H21FN2O2. The number of rotatable bonds is 5. The Morgan fingerprint density at radius 1 is 1.24 bits per heavy atom. The Bertz CT molecular complexity index is 777. The van der Waals surface area contributed by atoms with Gasteiger partial charge in [-0.25, -0.2) is 4.39 Å². The normalized spacial score (nSPS) is 17.0. The Morgan fingerprint density at radius 3 is 2.72 bits per heavy atom. The highest BCUT2D eigenvalue weighted by Crippen LogP contribution is 2.22. The molecule has 2 amide bonds. The van der Waals surface area contributed by atoms with Crippen molar-refractivity contribution in [3.63, 3.8) is 0 Å². The largest absolute Gasteiger partial charge is 0.342 e. The molecule has 3 rings (SSSR count). The second-order valence-corrected chi connectivity index (χ2v) is 6.45. The molecule has 0 bridgehead atoms. The van der Waals surface area contributed by atoms with E-state index in [-0.39, 0.29) is 23.9 Å². The summed E-state index contributed by atoms with van der Waals surface area (Å²) in [5.74, 6) is -1.23. The lowest BCUT2D eigenvalue weighted by Crippen LogP contribution is -2.30. The van der Waals surface area contributed by atoms with E-state index in [4.69, 9.17) is 0 Å². The minimum atomic E-state index is -0.460. The minimum Gasteiger partial charge on any atom is -0.342 e. The molecule has 0 saturated carbocycles. The molecule has 1 N–H and O–H groups in total. The Kier molecular flexibility index (Phi) is 5.12. The van der Waals surface area contributed by atoms with Crippen LogP contribution in [0.4, 0.5) is 10.1 Å². The quantitative estimate of drug-likeness (QED) is 0.909. The third-order valence-corrected chi connectivity index (χ3v) is 4.48. The molecule has 1 saturated heterocycles. The van der Waals surface area contributed by atoms with Crippen molar-refractivity contribution in [2.75, 3.05) is 18.4 Å². The molecule has 0 radical (unpaired) electrons. The van der Waals surface area contributed by atoms with Crippen molar-refractivity contribution in [1.29, 1.82) is 0 Å². The fraction of sp³-hybridized carbons (Fsp3) is 0.300. The van der Waals surface area contributed by atoms with Crippen LogP contribution in [-0.4, -0.2) is 29.8 Å². The SMILES string of the molecule is Cc1ccc(NC(=O)C2CC(=O)N(CCc3ccccc3)C2)c(F)c1. The van der Waals surface area contributed by atoms with Crippen molar-refractivity contribution < 1.29 is 14.0 Å². The smallest absolute Gasteiger partial charge is 0.229 e. The molecule has 1 unspecified atom stereocenters. The van der Waals surface area contributed by atoms with Gasteiger partial charge in [0.1, 0.15) is 5.82 Å². The van der Waals surface area contributed by atoms with Gasteiger partial charge in [0.2, 0.25) is 11.8 Å². The summed E-state index contributed by atoms with van der Waals surface area (Å²) >= 11 is 0. The van der Waals surface area contributed by atoms with Crippen LogP contribution in [0.5, 0.6) is 0 Å². The predicted molar refractivity (Wildman–Crippen MR) is 94.6 cm³/mol. The molecule has 1 aliphatic heterocycles. The lowest BCUT2D eigenvalue weighted by atomic mass is 10.1. The Hall–Kier alpha value is -2.69. The van der Waals surface area contributed by atoms with Gasteiger partial charge in [0.05, 0.1) is 11.6 Å². The number of nitrogens with zero attached hydrogens (tertiary/aromatic N) is 1. The number of carbonyl (C=O) groups excluding carboxylic acids is 2. The molecule has 1 fully saturated rings. The summed E-state index contributed by atoms with van der Waals surface area (Å²) in [6, 6.07) is 14.6. The molecule has 1 heterocycles. The summed E-state index contributed by atoms with van der Waals surface area (Å²) in [5, 5.41) is 2.60. The molecule has 1 atom stereocenters. The summed E-state index contributed by atoms with van der Waals surface area (Å²) in [6.45, 7) is 2.76. The number of likely N-dealkylation sites (tertiary alicyclic amines) is 1. The van der Waals surface area contributed by atoms with Crippen molar-refractivity contribution in [2.45, 2.75) is 19.8 Å². The Labute approximate surface area is 146 Å². The first kappa shape index (κ1) is 17.1. The molecule has 0 spiro atoms. The minimum absolute atomic E-state index is 0.0274. The third kappa shape index (κ3) is 4.24. The highest BCUT2D eigenvalue weighted by Gasteiger charge is 2.34. The Balaban J connectivity index is 1.57. The highest BCUT2D eigenvalue weighted by atomic mass is 19.1. The lowest BCUT2D eigenvalue weighted by Gasteiger charge is -2.16. The van der Waals surface area contributed by atoms with E-state index in [2.05, 4.69) is 5.32 Å². The molecule has 0 aromatic heterocycles. The fourth-order valence-electron chi connectivity index (χ4n) is 3.03. The maximum Gasteiger partial charge on any atom is 0.229 e. The zero-order chi connectivity index (χ0) is 17.8. The van der Waals surface area contributed by atoms with Gasteiger partial charge >= 0.3 is 0 Å². The van der Waals surface area contributed by atoms with Crippen LogP contribution < -0.4 is 5.32 Å².